The Balaban J connectivity index is 1.21. The highest BCUT2D eigenvalue weighted by atomic mass is 16.3. The van der Waals surface area contributed by atoms with E-state index in [1.165, 1.54) is 10.8 Å². The van der Waals surface area contributed by atoms with E-state index in [0.29, 0.717) is 23.2 Å². The Morgan fingerprint density at radius 2 is 0.939 bits per heavy atom. The summed E-state index contributed by atoms with van der Waals surface area (Å²) in [6.07, 6.45) is 1.81. The van der Waals surface area contributed by atoms with E-state index in [9.17, 15) is 0 Å². The molecule has 10 aromatic rings. The summed E-state index contributed by atoms with van der Waals surface area (Å²) in [5, 5.41) is 8.79. The normalized spacial score (nSPS) is 11.7. The van der Waals surface area contributed by atoms with Crippen LogP contribution in [0.5, 0.6) is 0 Å². The van der Waals surface area contributed by atoms with Gasteiger partial charge in [-0.05, 0) is 62.3 Å². The van der Waals surface area contributed by atoms with Crippen LogP contribution in [0.3, 0.4) is 0 Å². The lowest BCUT2D eigenvalue weighted by atomic mass is 9.95. The Hall–Kier alpha value is -6.72. The highest BCUT2D eigenvalue weighted by Crippen LogP contribution is 2.41. The molecule has 228 valence electrons. The van der Waals surface area contributed by atoms with Crippen molar-refractivity contribution >= 4 is 54.4 Å². The highest BCUT2D eigenvalue weighted by molar-refractivity contribution is 6.18. The zero-order valence-electron chi connectivity index (χ0n) is 26.2. The molecule has 0 aliphatic heterocycles. The third kappa shape index (κ3) is 4.55. The predicted octanol–water partition coefficient (Wildman–Crippen LogP) is 11.3. The van der Waals surface area contributed by atoms with Gasteiger partial charge in [-0.25, -0.2) is 19.9 Å². The topological polar surface area (TPSA) is 64.7 Å². The number of aromatic nitrogens is 4. The van der Waals surface area contributed by atoms with Gasteiger partial charge in [0, 0.05) is 33.7 Å². The summed E-state index contributed by atoms with van der Waals surface area (Å²) in [6.45, 7) is 0. The molecule has 0 bridgehead atoms. The predicted molar refractivity (Wildman–Crippen MR) is 199 cm³/mol. The summed E-state index contributed by atoms with van der Waals surface area (Å²) in [7, 11) is 0. The number of hydrogen-bond donors (Lipinski definition) is 0. The Morgan fingerprint density at radius 1 is 0.388 bits per heavy atom. The zero-order valence-corrected chi connectivity index (χ0v) is 26.2. The van der Waals surface area contributed by atoms with E-state index in [2.05, 4.69) is 138 Å². The van der Waals surface area contributed by atoms with Crippen LogP contribution in [0.4, 0.5) is 0 Å². The van der Waals surface area contributed by atoms with Gasteiger partial charge in [-0.2, -0.15) is 0 Å². The zero-order chi connectivity index (χ0) is 32.3. The molecule has 3 aromatic heterocycles. The van der Waals surface area contributed by atoms with Gasteiger partial charge in [0.2, 0.25) is 5.71 Å². The molecule has 0 amide bonds. The first-order valence-electron chi connectivity index (χ1n) is 16.3. The van der Waals surface area contributed by atoms with Crippen molar-refractivity contribution in [1.82, 2.24) is 19.9 Å². The largest absolute Gasteiger partial charge is 0.437 e. The lowest BCUT2D eigenvalue weighted by Gasteiger charge is -2.13. The van der Waals surface area contributed by atoms with Crippen molar-refractivity contribution < 1.29 is 4.42 Å². The van der Waals surface area contributed by atoms with Crippen LogP contribution in [-0.4, -0.2) is 19.9 Å². The number of fused-ring (bicyclic) bond motifs is 7. The van der Waals surface area contributed by atoms with Crippen molar-refractivity contribution in [2.45, 2.75) is 0 Å². The Labute approximate surface area is 281 Å². The number of benzene rings is 7. The minimum atomic E-state index is 0.597. The van der Waals surface area contributed by atoms with E-state index in [1.54, 1.807) is 0 Å². The molecule has 5 heteroatoms. The van der Waals surface area contributed by atoms with E-state index < -0.39 is 0 Å². The molecule has 0 spiro atoms. The molecule has 0 saturated carbocycles. The molecule has 0 aliphatic rings. The Morgan fingerprint density at radius 3 is 1.63 bits per heavy atom. The van der Waals surface area contributed by atoms with Gasteiger partial charge < -0.3 is 4.42 Å². The molecule has 0 aliphatic carbocycles. The third-order valence-electron chi connectivity index (χ3n) is 9.37. The quantitative estimate of drug-likeness (QED) is 0.194. The molecule has 0 atom stereocenters. The highest BCUT2D eigenvalue weighted by Gasteiger charge is 2.20. The van der Waals surface area contributed by atoms with Gasteiger partial charge in [0.15, 0.2) is 17.5 Å². The van der Waals surface area contributed by atoms with Crippen LogP contribution in [0.15, 0.2) is 162 Å². The second-order valence-electron chi connectivity index (χ2n) is 12.3. The van der Waals surface area contributed by atoms with Gasteiger partial charge in [0.1, 0.15) is 5.58 Å². The molecule has 10 rings (SSSR count). The van der Waals surface area contributed by atoms with Crippen molar-refractivity contribution in [2.24, 2.45) is 0 Å². The van der Waals surface area contributed by atoms with Gasteiger partial charge >= 0.3 is 0 Å². The van der Waals surface area contributed by atoms with Gasteiger partial charge in [0.05, 0.1) is 5.39 Å². The maximum Gasteiger partial charge on any atom is 0.227 e. The summed E-state index contributed by atoms with van der Waals surface area (Å²) in [5.41, 5.74) is 6.20. The SMILES string of the molecule is c1ccc(-c2ccnc3oc4c5ccccc5ccc4c23)c(-c2nc(-c3ccc4ccccc4c3)nc(-c3ccc4ccccc4c3)n2)c1. The second-order valence-corrected chi connectivity index (χ2v) is 12.3. The summed E-state index contributed by atoms with van der Waals surface area (Å²) in [6, 6.07) is 52.3. The Bertz CT molecular complexity index is 2810. The van der Waals surface area contributed by atoms with Crippen molar-refractivity contribution in [3.63, 3.8) is 0 Å². The molecule has 0 radical (unpaired) electrons. The number of furan rings is 1. The standard InChI is InChI=1S/C44H26N4O/c1-3-12-30-25-32(19-17-27(30)9-1)41-46-42(33-20-18-28-10-2-4-13-31(28)26-33)48-43(47-41)37-16-8-7-15-35(37)36-23-24-45-44-39(36)38-22-21-29-11-5-6-14-34(29)40(38)49-44/h1-26H. The summed E-state index contributed by atoms with van der Waals surface area (Å²) >= 11 is 0. The molecule has 49 heavy (non-hydrogen) atoms. The van der Waals surface area contributed by atoms with Crippen LogP contribution in [0.25, 0.3) is 99.7 Å². The van der Waals surface area contributed by atoms with E-state index in [4.69, 9.17) is 19.4 Å². The number of hydrogen-bond acceptors (Lipinski definition) is 5. The van der Waals surface area contributed by atoms with Crippen molar-refractivity contribution in [3.05, 3.63) is 158 Å². The summed E-state index contributed by atoms with van der Waals surface area (Å²) < 4.78 is 6.45. The van der Waals surface area contributed by atoms with Gasteiger partial charge in [-0.1, -0.05) is 127 Å². The first-order valence-corrected chi connectivity index (χ1v) is 16.3. The maximum absolute atomic E-state index is 6.45. The molecule has 5 nitrogen and oxygen atoms in total. The van der Waals surface area contributed by atoms with E-state index in [0.717, 1.165) is 65.7 Å². The van der Waals surface area contributed by atoms with Crippen LogP contribution in [0.1, 0.15) is 0 Å². The molecule has 0 saturated heterocycles. The molecular weight excluding hydrogens is 601 g/mol. The van der Waals surface area contributed by atoms with Gasteiger partial charge in [0.25, 0.3) is 0 Å². The maximum atomic E-state index is 6.45. The van der Waals surface area contributed by atoms with Crippen molar-refractivity contribution in [3.8, 4) is 45.3 Å². The lowest BCUT2D eigenvalue weighted by molar-refractivity contribution is 0.658. The number of rotatable bonds is 4. The van der Waals surface area contributed by atoms with Crippen LogP contribution in [-0.2, 0) is 0 Å². The average molecular weight is 627 g/mol. The van der Waals surface area contributed by atoms with Crippen LogP contribution >= 0.6 is 0 Å². The molecule has 0 N–H and O–H groups in total. The fourth-order valence-electron chi connectivity index (χ4n) is 6.98. The number of pyridine rings is 1. The van der Waals surface area contributed by atoms with Crippen LogP contribution in [0.2, 0.25) is 0 Å². The lowest BCUT2D eigenvalue weighted by Crippen LogP contribution is -2.01. The minimum Gasteiger partial charge on any atom is -0.437 e. The van der Waals surface area contributed by atoms with Crippen molar-refractivity contribution in [1.29, 1.82) is 0 Å². The second kappa shape index (κ2) is 10.9. The molecule has 0 fully saturated rings. The van der Waals surface area contributed by atoms with Gasteiger partial charge in [-0.3, -0.25) is 0 Å². The third-order valence-corrected chi connectivity index (χ3v) is 9.37. The molecule has 3 heterocycles. The molecular formula is C44H26N4O. The van der Waals surface area contributed by atoms with E-state index in [1.807, 2.05) is 24.4 Å². The fraction of sp³-hybridized carbons (Fsp3) is 0. The fourth-order valence-corrected chi connectivity index (χ4v) is 6.98. The minimum absolute atomic E-state index is 0.597. The average Bonchev–Trinajstić information content (AvgIpc) is 3.57. The molecule has 0 unspecified atom stereocenters. The van der Waals surface area contributed by atoms with Gasteiger partial charge in [-0.15, -0.1) is 0 Å². The van der Waals surface area contributed by atoms with Crippen LogP contribution < -0.4 is 0 Å². The smallest absolute Gasteiger partial charge is 0.227 e. The van der Waals surface area contributed by atoms with E-state index >= 15 is 0 Å². The summed E-state index contributed by atoms with van der Waals surface area (Å²) in [5.74, 6) is 1.84. The van der Waals surface area contributed by atoms with E-state index in [-0.39, 0.29) is 0 Å². The molecule has 7 aromatic carbocycles. The Kier molecular flexibility index (Phi) is 6.11. The monoisotopic (exact) mass is 626 g/mol. The first-order chi connectivity index (χ1) is 24.3. The summed E-state index contributed by atoms with van der Waals surface area (Å²) in [4.78, 5) is 20.1. The van der Waals surface area contributed by atoms with Crippen LogP contribution in [0, 0.1) is 0 Å². The van der Waals surface area contributed by atoms with Crippen molar-refractivity contribution in [2.75, 3.05) is 0 Å². The number of nitrogens with zero attached hydrogens (tertiary/aromatic N) is 4. The first kappa shape index (κ1) is 27.4.